The van der Waals surface area contributed by atoms with Gasteiger partial charge in [-0.2, -0.15) is 0 Å². The number of ether oxygens (including phenoxy) is 1. The largest absolute Gasteiger partial charge is 0.489 e. The number of benzene rings is 1. The third-order valence-electron chi connectivity index (χ3n) is 4.10. The van der Waals surface area contributed by atoms with Gasteiger partial charge in [-0.05, 0) is 24.6 Å². The lowest BCUT2D eigenvalue weighted by Crippen LogP contribution is -2.44. The van der Waals surface area contributed by atoms with E-state index in [-0.39, 0.29) is 23.4 Å². The SMILES string of the molecule is CCC(CNC(=NC)NCCNS(=O)(=O)c1ccn(C)c1)Oc1cccc(F)c1. The smallest absolute Gasteiger partial charge is 0.242 e. The fraction of sp³-hybridized carbons (Fsp3) is 0.421. The predicted molar refractivity (Wildman–Crippen MR) is 111 cm³/mol. The van der Waals surface area contributed by atoms with Crippen LogP contribution in [0.5, 0.6) is 5.75 Å². The average Bonchev–Trinajstić information content (AvgIpc) is 3.13. The summed E-state index contributed by atoms with van der Waals surface area (Å²) < 4.78 is 47.6. The summed E-state index contributed by atoms with van der Waals surface area (Å²) in [5.41, 5.74) is 0. The number of aromatic nitrogens is 1. The molecular formula is C19H28FN5O3S. The molecule has 10 heteroatoms. The Labute approximate surface area is 171 Å². The van der Waals surface area contributed by atoms with Gasteiger partial charge < -0.3 is 19.9 Å². The van der Waals surface area contributed by atoms with E-state index in [9.17, 15) is 12.8 Å². The van der Waals surface area contributed by atoms with E-state index in [0.717, 1.165) is 6.42 Å². The number of rotatable bonds is 10. The molecule has 8 nitrogen and oxygen atoms in total. The van der Waals surface area contributed by atoms with Gasteiger partial charge in [0.1, 0.15) is 17.7 Å². The Bertz CT molecular complexity index is 914. The summed E-state index contributed by atoms with van der Waals surface area (Å²) in [7, 11) is -0.149. The number of sulfonamides is 1. The maximum Gasteiger partial charge on any atom is 0.242 e. The molecule has 0 fully saturated rings. The van der Waals surface area contributed by atoms with Crippen LogP contribution in [0.25, 0.3) is 0 Å². The van der Waals surface area contributed by atoms with E-state index in [2.05, 4.69) is 20.3 Å². The lowest BCUT2D eigenvalue weighted by molar-refractivity contribution is 0.199. The molecule has 3 N–H and O–H groups in total. The lowest BCUT2D eigenvalue weighted by atomic mass is 10.2. The van der Waals surface area contributed by atoms with Crippen molar-refractivity contribution in [3.63, 3.8) is 0 Å². The highest BCUT2D eigenvalue weighted by Crippen LogP contribution is 2.14. The van der Waals surface area contributed by atoms with Gasteiger partial charge >= 0.3 is 0 Å². The lowest BCUT2D eigenvalue weighted by Gasteiger charge is -2.20. The summed E-state index contributed by atoms with van der Waals surface area (Å²) in [4.78, 5) is 4.33. The van der Waals surface area contributed by atoms with Crippen LogP contribution in [0.2, 0.25) is 0 Å². The quantitative estimate of drug-likeness (QED) is 0.304. The molecule has 160 valence electrons. The first-order valence-corrected chi connectivity index (χ1v) is 10.8. The van der Waals surface area contributed by atoms with Crippen molar-refractivity contribution >= 4 is 16.0 Å². The number of aryl methyl sites for hydroxylation is 1. The molecule has 1 unspecified atom stereocenters. The van der Waals surface area contributed by atoms with Crippen molar-refractivity contribution < 1.29 is 17.5 Å². The molecule has 1 heterocycles. The monoisotopic (exact) mass is 425 g/mol. The Balaban J connectivity index is 1.75. The first-order chi connectivity index (χ1) is 13.8. The van der Waals surface area contributed by atoms with E-state index in [0.29, 0.717) is 24.8 Å². The highest BCUT2D eigenvalue weighted by molar-refractivity contribution is 7.89. The van der Waals surface area contributed by atoms with E-state index in [1.807, 2.05) is 6.92 Å². The van der Waals surface area contributed by atoms with Gasteiger partial charge in [0.25, 0.3) is 0 Å². The maximum absolute atomic E-state index is 13.3. The fourth-order valence-corrected chi connectivity index (χ4v) is 3.60. The van der Waals surface area contributed by atoms with E-state index in [1.54, 1.807) is 49.3 Å². The Morgan fingerprint density at radius 1 is 1.28 bits per heavy atom. The van der Waals surface area contributed by atoms with Gasteiger partial charge in [-0.3, -0.25) is 4.99 Å². The molecule has 0 aliphatic carbocycles. The Morgan fingerprint density at radius 3 is 2.69 bits per heavy atom. The molecular weight excluding hydrogens is 397 g/mol. The maximum atomic E-state index is 13.3. The molecule has 0 aliphatic rings. The van der Waals surface area contributed by atoms with Crippen molar-refractivity contribution in [1.29, 1.82) is 0 Å². The number of hydrogen-bond acceptors (Lipinski definition) is 4. The molecule has 2 aromatic rings. The van der Waals surface area contributed by atoms with Crippen LogP contribution in [-0.2, 0) is 17.1 Å². The molecule has 1 aromatic heterocycles. The van der Waals surface area contributed by atoms with Crippen molar-refractivity contribution in [2.75, 3.05) is 26.7 Å². The van der Waals surface area contributed by atoms with Crippen molar-refractivity contribution in [3.05, 3.63) is 48.5 Å². The molecule has 0 spiro atoms. The first kappa shape index (κ1) is 22.7. The minimum Gasteiger partial charge on any atom is -0.489 e. The minimum atomic E-state index is -3.53. The van der Waals surface area contributed by atoms with Crippen LogP contribution in [-0.4, -0.2) is 51.7 Å². The van der Waals surface area contributed by atoms with Crippen LogP contribution in [0.3, 0.4) is 0 Å². The number of hydrogen-bond donors (Lipinski definition) is 3. The molecule has 0 amide bonds. The molecule has 1 atom stereocenters. The number of halogens is 1. The van der Waals surface area contributed by atoms with Gasteiger partial charge in [-0.25, -0.2) is 17.5 Å². The third-order valence-corrected chi connectivity index (χ3v) is 5.55. The van der Waals surface area contributed by atoms with Crippen molar-refractivity contribution in [3.8, 4) is 5.75 Å². The normalized spacial score (nSPS) is 13.2. The summed E-state index contributed by atoms with van der Waals surface area (Å²) in [5, 5.41) is 6.17. The second kappa shape index (κ2) is 10.8. The van der Waals surface area contributed by atoms with Gasteiger partial charge in [-0.15, -0.1) is 0 Å². The zero-order valence-electron chi connectivity index (χ0n) is 16.9. The molecule has 0 saturated heterocycles. The predicted octanol–water partition coefficient (Wildman–Crippen LogP) is 1.47. The molecule has 0 radical (unpaired) electrons. The van der Waals surface area contributed by atoms with E-state index in [1.165, 1.54) is 12.1 Å². The number of aliphatic imine (C=N–C) groups is 1. The second-order valence-corrected chi connectivity index (χ2v) is 8.16. The van der Waals surface area contributed by atoms with Crippen LogP contribution in [0.15, 0.2) is 52.6 Å². The van der Waals surface area contributed by atoms with Crippen molar-refractivity contribution in [2.45, 2.75) is 24.3 Å². The van der Waals surface area contributed by atoms with Crippen LogP contribution in [0.1, 0.15) is 13.3 Å². The summed E-state index contributed by atoms with van der Waals surface area (Å²) in [6, 6.07) is 7.55. The topological polar surface area (TPSA) is 96.8 Å². The van der Waals surface area contributed by atoms with Crippen LogP contribution >= 0.6 is 0 Å². The number of nitrogens with one attached hydrogen (secondary N) is 3. The van der Waals surface area contributed by atoms with Gasteiger partial charge in [0.05, 0.1) is 11.4 Å². The third kappa shape index (κ3) is 7.39. The van der Waals surface area contributed by atoms with Crippen molar-refractivity contribution in [1.82, 2.24) is 19.9 Å². The van der Waals surface area contributed by atoms with Gasteiger partial charge in [0, 0.05) is 45.6 Å². The van der Waals surface area contributed by atoms with Gasteiger partial charge in [0.15, 0.2) is 5.96 Å². The van der Waals surface area contributed by atoms with E-state index in [4.69, 9.17) is 4.74 Å². The Kier molecular flexibility index (Phi) is 8.47. The first-order valence-electron chi connectivity index (χ1n) is 9.32. The molecule has 0 bridgehead atoms. The molecule has 1 aromatic carbocycles. The van der Waals surface area contributed by atoms with E-state index < -0.39 is 10.0 Å². The van der Waals surface area contributed by atoms with Gasteiger partial charge in [0.2, 0.25) is 10.0 Å². The highest BCUT2D eigenvalue weighted by atomic mass is 32.2. The second-order valence-electron chi connectivity index (χ2n) is 6.40. The molecule has 0 saturated carbocycles. The molecule has 2 rings (SSSR count). The Morgan fingerprint density at radius 2 is 2.07 bits per heavy atom. The van der Waals surface area contributed by atoms with Crippen molar-refractivity contribution in [2.24, 2.45) is 12.0 Å². The zero-order chi connectivity index (χ0) is 21.3. The fourth-order valence-electron chi connectivity index (χ4n) is 2.52. The zero-order valence-corrected chi connectivity index (χ0v) is 17.7. The summed E-state index contributed by atoms with van der Waals surface area (Å²) >= 11 is 0. The summed E-state index contributed by atoms with van der Waals surface area (Å²) in [5.74, 6) is 0.642. The molecule has 29 heavy (non-hydrogen) atoms. The highest BCUT2D eigenvalue weighted by Gasteiger charge is 2.14. The van der Waals surface area contributed by atoms with Crippen LogP contribution < -0.4 is 20.1 Å². The van der Waals surface area contributed by atoms with E-state index >= 15 is 0 Å². The van der Waals surface area contributed by atoms with Crippen LogP contribution in [0.4, 0.5) is 4.39 Å². The van der Waals surface area contributed by atoms with Crippen LogP contribution in [0, 0.1) is 5.82 Å². The summed E-state index contributed by atoms with van der Waals surface area (Å²) in [6.45, 7) is 2.99. The number of guanidine groups is 1. The minimum absolute atomic E-state index is 0.174. The van der Waals surface area contributed by atoms with Gasteiger partial charge in [-0.1, -0.05) is 13.0 Å². The number of nitrogens with zero attached hydrogens (tertiary/aromatic N) is 2. The molecule has 0 aliphatic heterocycles. The standard InChI is InChI=1S/C19H28FN5O3S/c1-4-16(28-17-7-5-6-15(20)12-17)13-23-19(21-2)22-9-10-24-29(26,27)18-8-11-25(3)14-18/h5-8,11-12,14,16,24H,4,9-10,13H2,1-3H3,(H2,21,22,23). The Hall–Kier alpha value is -2.59. The average molecular weight is 426 g/mol. The summed E-state index contributed by atoms with van der Waals surface area (Å²) in [6.07, 6.45) is 3.76.